The molecule has 0 unspecified atom stereocenters. The van der Waals surface area contributed by atoms with Gasteiger partial charge in [0, 0.05) is 6.54 Å². The molecule has 4 rings (SSSR count). The second kappa shape index (κ2) is 8.31. The van der Waals surface area contributed by atoms with Crippen LogP contribution in [0.4, 0.5) is 0 Å². The van der Waals surface area contributed by atoms with Crippen LogP contribution in [0.5, 0.6) is 0 Å². The highest BCUT2D eigenvalue weighted by atomic mass is 16.1. The van der Waals surface area contributed by atoms with Gasteiger partial charge in [0.05, 0.1) is 23.5 Å². The summed E-state index contributed by atoms with van der Waals surface area (Å²) in [7, 11) is 0. The molecule has 1 atom stereocenters. The number of imidazole rings is 1. The number of aryl methyl sites for hydroxylation is 1. The van der Waals surface area contributed by atoms with Crippen LogP contribution in [0.3, 0.4) is 0 Å². The van der Waals surface area contributed by atoms with E-state index in [1.54, 1.807) is 0 Å². The number of hydrogen-bond donors (Lipinski definition) is 1. The summed E-state index contributed by atoms with van der Waals surface area (Å²) in [4.78, 5) is 17.4. The fraction of sp³-hybridized carbons (Fsp3) is 0.200. The van der Waals surface area contributed by atoms with Crippen LogP contribution in [0, 0.1) is 6.92 Å². The Bertz CT molecular complexity index is 1110. The van der Waals surface area contributed by atoms with Crippen molar-refractivity contribution in [1.29, 1.82) is 0 Å². The molecule has 0 bridgehead atoms. The summed E-state index contributed by atoms with van der Waals surface area (Å²) in [5.41, 5.74) is 5.48. The zero-order valence-corrected chi connectivity index (χ0v) is 16.8. The van der Waals surface area contributed by atoms with Gasteiger partial charge in [-0.3, -0.25) is 4.79 Å². The van der Waals surface area contributed by atoms with Crippen molar-refractivity contribution < 1.29 is 4.79 Å². The molecule has 29 heavy (non-hydrogen) atoms. The van der Waals surface area contributed by atoms with Gasteiger partial charge in [-0.1, -0.05) is 72.3 Å². The van der Waals surface area contributed by atoms with Crippen molar-refractivity contribution in [1.82, 2.24) is 14.9 Å². The third-order valence-corrected chi connectivity index (χ3v) is 5.12. The highest BCUT2D eigenvalue weighted by Gasteiger charge is 2.18. The Hall–Kier alpha value is -3.40. The number of benzene rings is 3. The van der Waals surface area contributed by atoms with Gasteiger partial charge >= 0.3 is 0 Å². The number of nitrogens with zero attached hydrogens (tertiary/aromatic N) is 2. The van der Waals surface area contributed by atoms with E-state index in [1.807, 2.05) is 55.5 Å². The Morgan fingerprint density at radius 1 is 0.931 bits per heavy atom. The van der Waals surface area contributed by atoms with Gasteiger partial charge in [-0.05, 0) is 37.1 Å². The van der Waals surface area contributed by atoms with Crippen molar-refractivity contribution >= 4 is 16.9 Å². The molecule has 0 aliphatic carbocycles. The van der Waals surface area contributed by atoms with Crippen LogP contribution >= 0.6 is 0 Å². The van der Waals surface area contributed by atoms with Gasteiger partial charge in [0.1, 0.15) is 5.82 Å². The number of fused-ring (bicyclic) bond motifs is 1. The quantitative estimate of drug-likeness (QED) is 0.519. The van der Waals surface area contributed by atoms with Gasteiger partial charge in [0.25, 0.3) is 0 Å². The fourth-order valence-corrected chi connectivity index (χ4v) is 3.61. The lowest BCUT2D eigenvalue weighted by Crippen LogP contribution is -2.30. The summed E-state index contributed by atoms with van der Waals surface area (Å²) in [5.74, 6) is 0.867. The lowest BCUT2D eigenvalue weighted by Gasteiger charge is -2.17. The highest BCUT2D eigenvalue weighted by molar-refractivity contribution is 5.79. The molecule has 0 radical (unpaired) electrons. The molecule has 0 aliphatic heterocycles. The van der Waals surface area contributed by atoms with Gasteiger partial charge in [0.2, 0.25) is 5.91 Å². The number of para-hydroxylation sites is 2. The van der Waals surface area contributed by atoms with Crippen molar-refractivity contribution in [2.24, 2.45) is 0 Å². The molecule has 0 fully saturated rings. The number of carbonyl (C=O) groups excluding carboxylic acids is 1. The monoisotopic (exact) mass is 383 g/mol. The van der Waals surface area contributed by atoms with E-state index in [0.717, 1.165) is 29.0 Å². The smallest absolute Gasteiger partial charge is 0.224 e. The summed E-state index contributed by atoms with van der Waals surface area (Å²) >= 11 is 0. The van der Waals surface area contributed by atoms with E-state index >= 15 is 0 Å². The average Bonchev–Trinajstić information content (AvgIpc) is 3.09. The second-order valence-electron chi connectivity index (χ2n) is 7.48. The first kappa shape index (κ1) is 18.9. The molecule has 0 aliphatic rings. The lowest BCUT2D eigenvalue weighted by atomic mass is 10.1. The Morgan fingerprint density at radius 2 is 1.62 bits per heavy atom. The van der Waals surface area contributed by atoms with Crippen LogP contribution < -0.4 is 5.32 Å². The average molecular weight is 383 g/mol. The summed E-state index contributed by atoms with van der Waals surface area (Å²) in [6.07, 6.45) is 0.364. The molecule has 0 saturated carbocycles. The first-order valence-corrected chi connectivity index (χ1v) is 9.94. The highest BCUT2D eigenvalue weighted by Crippen LogP contribution is 2.22. The third kappa shape index (κ3) is 4.37. The van der Waals surface area contributed by atoms with E-state index in [4.69, 9.17) is 4.98 Å². The minimum Gasteiger partial charge on any atom is -0.346 e. The standard InChI is InChI=1S/C25H25N3O/c1-18-12-14-21(15-13-18)17-28-23-11-7-6-10-22(23)27-25(28)19(2)26-24(29)16-20-8-4-3-5-9-20/h3-15,19H,16-17H2,1-2H3,(H,26,29)/t19-/m0/s1. The van der Waals surface area contributed by atoms with Crippen LogP contribution in [0.25, 0.3) is 11.0 Å². The molecule has 0 spiro atoms. The number of aromatic nitrogens is 2. The Morgan fingerprint density at radius 3 is 2.38 bits per heavy atom. The lowest BCUT2D eigenvalue weighted by molar-refractivity contribution is -0.121. The number of amides is 1. The van der Waals surface area contributed by atoms with Gasteiger partial charge in [0.15, 0.2) is 0 Å². The van der Waals surface area contributed by atoms with E-state index < -0.39 is 0 Å². The van der Waals surface area contributed by atoms with E-state index in [0.29, 0.717) is 6.42 Å². The predicted octanol–water partition coefficient (Wildman–Crippen LogP) is 4.81. The van der Waals surface area contributed by atoms with Crippen molar-refractivity contribution in [2.45, 2.75) is 32.9 Å². The Balaban J connectivity index is 1.60. The van der Waals surface area contributed by atoms with Crippen molar-refractivity contribution in [2.75, 3.05) is 0 Å². The zero-order chi connectivity index (χ0) is 20.2. The molecular formula is C25H25N3O. The number of hydrogen-bond acceptors (Lipinski definition) is 2. The minimum atomic E-state index is -0.191. The number of nitrogens with one attached hydrogen (secondary N) is 1. The SMILES string of the molecule is Cc1ccc(Cn2c([C@H](C)NC(=O)Cc3ccccc3)nc3ccccc32)cc1. The first-order chi connectivity index (χ1) is 14.1. The van der Waals surface area contributed by atoms with Crippen molar-refractivity contribution in [3.63, 3.8) is 0 Å². The summed E-state index contributed by atoms with van der Waals surface area (Å²) < 4.78 is 2.20. The topological polar surface area (TPSA) is 46.9 Å². The van der Waals surface area contributed by atoms with Crippen LogP contribution in [0.15, 0.2) is 78.9 Å². The Kier molecular flexibility index (Phi) is 5.43. The van der Waals surface area contributed by atoms with E-state index in [9.17, 15) is 4.79 Å². The fourth-order valence-electron chi connectivity index (χ4n) is 3.61. The summed E-state index contributed by atoms with van der Waals surface area (Å²) in [6.45, 7) is 4.80. The van der Waals surface area contributed by atoms with Gasteiger partial charge in [-0.25, -0.2) is 4.98 Å². The maximum absolute atomic E-state index is 12.6. The molecule has 1 amide bonds. The molecular weight excluding hydrogens is 358 g/mol. The molecule has 4 nitrogen and oxygen atoms in total. The maximum Gasteiger partial charge on any atom is 0.224 e. The molecule has 0 saturated heterocycles. The number of carbonyl (C=O) groups is 1. The van der Waals surface area contributed by atoms with Crippen LogP contribution in [0.2, 0.25) is 0 Å². The molecule has 4 heteroatoms. The third-order valence-electron chi connectivity index (χ3n) is 5.12. The molecule has 4 aromatic rings. The molecule has 1 N–H and O–H groups in total. The maximum atomic E-state index is 12.6. The van der Waals surface area contributed by atoms with Gasteiger partial charge in [-0.2, -0.15) is 0 Å². The van der Waals surface area contributed by atoms with Crippen molar-refractivity contribution in [3.8, 4) is 0 Å². The molecule has 1 aromatic heterocycles. The molecule has 146 valence electrons. The zero-order valence-electron chi connectivity index (χ0n) is 16.8. The largest absolute Gasteiger partial charge is 0.346 e. The summed E-state index contributed by atoms with van der Waals surface area (Å²) in [5, 5.41) is 3.12. The van der Waals surface area contributed by atoms with Gasteiger partial charge < -0.3 is 9.88 Å². The van der Waals surface area contributed by atoms with E-state index in [1.165, 1.54) is 11.1 Å². The van der Waals surface area contributed by atoms with Crippen molar-refractivity contribution in [3.05, 3.63) is 101 Å². The van der Waals surface area contributed by atoms with E-state index in [-0.39, 0.29) is 11.9 Å². The van der Waals surface area contributed by atoms with E-state index in [2.05, 4.69) is 47.1 Å². The summed E-state index contributed by atoms with van der Waals surface area (Å²) in [6, 6.07) is 26.3. The second-order valence-corrected chi connectivity index (χ2v) is 7.48. The minimum absolute atomic E-state index is 0.00218. The normalized spacial score (nSPS) is 12.1. The first-order valence-electron chi connectivity index (χ1n) is 9.94. The molecule has 1 heterocycles. The Labute approximate surface area is 171 Å². The van der Waals surface area contributed by atoms with Crippen LogP contribution in [-0.2, 0) is 17.8 Å². The van der Waals surface area contributed by atoms with Crippen LogP contribution in [-0.4, -0.2) is 15.5 Å². The van der Waals surface area contributed by atoms with Crippen LogP contribution in [0.1, 0.15) is 35.5 Å². The van der Waals surface area contributed by atoms with Gasteiger partial charge in [-0.15, -0.1) is 0 Å². The number of rotatable bonds is 6. The predicted molar refractivity (Wildman–Crippen MR) is 117 cm³/mol. The molecule has 3 aromatic carbocycles.